The first kappa shape index (κ1) is 15.1. The van der Waals surface area contributed by atoms with Gasteiger partial charge in [0.25, 0.3) is 0 Å². The summed E-state index contributed by atoms with van der Waals surface area (Å²) >= 11 is 6.53. The molecule has 1 fully saturated rings. The van der Waals surface area contributed by atoms with Gasteiger partial charge in [0, 0.05) is 21.3 Å². The summed E-state index contributed by atoms with van der Waals surface area (Å²) in [6.07, 6.45) is 0. The molecule has 0 saturated carbocycles. The van der Waals surface area contributed by atoms with Crippen molar-refractivity contribution < 1.29 is 13.7 Å². The standard InChI is InChI=1S/C18H18BClO3/c1-17(2)18(3,4)23-19(22-17)13-10-16-12(9-14(13)20)11-7-5-6-8-15(11)21-16/h5-10H,1-4H3. The Morgan fingerprint density at radius 1 is 0.870 bits per heavy atom. The molecule has 0 atom stereocenters. The molecule has 0 amide bonds. The summed E-state index contributed by atoms with van der Waals surface area (Å²) in [6, 6.07) is 11.8. The van der Waals surface area contributed by atoms with Crippen LogP contribution in [0.4, 0.5) is 0 Å². The molecule has 0 bridgehead atoms. The van der Waals surface area contributed by atoms with E-state index in [-0.39, 0.29) is 0 Å². The zero-order valence-electron chi connectivity index (χ0n) is 13.6. The largest absolute Gasteiger partial charge is 0.496 e. The van der Waals surface area contributed by atoms with Gasteiger partial charge in [0.05, 0.1) is 11.2 Å². The van der Waals surface area contributed by atoms with Gasteiger partial charge < -0.3 is 13.7 Å². The van der Waals surface area contributed by atoms with Gasteiger partial charge in [0.2, 0.25) is 0 Å². The van der Waals surface area contributed by atoms with Gasteiger partial charge in [-0.15, -0.1) is 0 Å². The first-order valence-corrected chi connectivity index (χ1v) is 8.13. The summed E-state index contributed by atoms with van der Waals surface area (Å²) in [5.74, 6) is 0. The SMILES string of the molecule is CC1(C)OB(c2cc3oc4ccccc4c3cc2Cl)OC1(C)C. The number of halogens is 1. The number of hydrogen-bond acceptors (Lipinski definition) is 3. The maximum absolute atomic E-state index is 6.53. The highest BCUT2D eigenvalue weighted by molar-refractivity contribution is 6.66. The van der Waals surface area contributed by atoms with E-state index in [9.17, 15) is 0 Å². The minimum atomic E-state index is -0.495. The van der Waals surface area contributed by atoms with Crippen molar-refractivity contribution in [2.24, 2.45) is 0 Å². The van der Waals surface area contributed by atoms with Gasteiger partial charge >= 0.3 is 7.12 Å². The van der Waals surface area contributed by atoms with Crippen LogP contribution < -0.4 is 5.46 Å². The highest BCUT2D eigenvalue weighted by Gasteiger charge is 2.52. The predicted octanol–water partition coefficient (Wildman–Crippen LogP) is 4.54. The van der Waals surface area contributed by atoms with E-state index in [0.717, 1.165) is 27.4 Å². The number of para-hydroxylation sites is 1. The third kappa shape index (κ3) is 2.20. The Morgan fingerprint density at radius 3 is 2.22 bits per heavy atom. The van der Waals surface area contributed by atoms with Crippen LogP contribution in [0.5, 0.6) is 0 Å². The molecule has 23 heavy (non-hydrogen) atoms. The average molecular weight is 329 g/mol. The molecule has 1 aromatic heterocycles. The van der Waals surface area contributed by atoms with Crippen LogP contribution in [-0.2, 0) is 9.31 Å². The van der Waals surface area contributed by atoms with Gasteiger partial charge in [-0.05, 0) is 45.9 Å². The van der Waals surface area contributed by atoms with E-state index >= 15 is 0 Å². The van der Waals surface area contributed by atoms with Gasteiger partial charge in [0.15, 0.2) is 0 Å². The zero-order chi connectivity index (χ0) is 16.4. The van der Waals surface area contributed by atoms with Crippen molar-refractivity contribution in [2.75, 3.05) is 0 Å². The molecule has 1 aliphatic rings. The fourth-order valence-corrected chi connectivity index (χ4v) is 3.16. The van der Waals surface area contributed by atoms with Crippen molar-refractivity contribution in [3.05, 3.63) is 41.4 Å². The Kier molecular flexibility index (Phi) is 3.12. The summed E-state index contributed by atoms with van der Waals surface area (Å²) in [7, 11) is -0.495. The fourth-order valence-electron chi connectivity index (χ4n) is 2.91. The Morgan fingerprint density at radius 2 is 1.52 bits per heavy atom. The van der Waals surface area contributed by atoms with Crippen molar-refractivity contribution in [2.45, 2.75) is 38.9 Å². The summed E-state index contributed by atoms with van der Waals surface area (Å²) < 4.78 is 18.2. The van der Waals surface area contributed by atoms with E-state index in [1.807, 2.05) is 64.1 Å². The van der Waals surface area contributed by atoms with Crippen LogP contribution in [0.25, 0.3) is 21.9 Å². The molecule has 0 N–H and O–H groups in total. The molecule has 1 saturated heterocycles. The first-order chi connectivity index (χ1) is 10.8. The summed E-state index contributed by atoms with van der Waals surface area (Å²) in [5, 5.41) is 2.69. The van der Waals surface area contributed by atoms with Crippen LogP contribution >= 0.6 is 11.6 Å². The highest BCUT2D eigenvalue weighted by atomic mass is 35.5. The number of fused-ring (bicyclic) bond motifs is 3. The third-order valence-electron chi connectivity index (χ3n) is 5.00. The fraction of sp³-hybridized carbons (Fsp3) is 0.333. The topological polar surface area (TPSA) is 31.6 Å². The van der Waals surface area contributed by atoms with E-state index in [0.29, 0.717) is 5.02 Å². The van der Waals surface area contributed by atoms with Crippen LogP contribution in [0.3, 0.4) is 0 Å². The molecule has 2 heterocycles. The second kappa shape index (κ2) is 4.76. The molecular weight excluding hydrogens is 310 g/mol. The van der Waals surface area contributed by atoms with Gasteiger partial charge in [-0.1, -0.05) is 29.8 Å². The minimum absolute atomic E-state index is 0.399. The van der Waals surface area contributed by atoms with E-state index in [4.69, 9.17) is 25.3 Å². The summed E-state index contributed by atoms with van der Waals surface area (Å²) in [5.41, 5.74) is 1.65. The average Bonchev–Trinajstić information content (AvgIpc) is 2.92. The van der Waals surface area contributed by atoms with Gasteiger partial charge in [-0.3, -0.25) is 0 Å². The summed E-state index contributed by atoms with van der Waals surface area (Å²) in [6.45, 7) is 8.11. The van der Waals surface area contributed by atoms with Crippen molar-refractivity contribution in [1.29, 1.82) is 0 Å². The normalized spacial score (nSPS) is 19.8. The Labute approximate surface area is 140 Å². The molecule has 3 aromatic rings. The Balaban J connectivity index is 1.86. The monoisotopic (exact) mass is 328 g/mol. The minimum Gasteiger partial charge on any atom is -0.456 e. The molecule has 1 aliphatic heterocycles. The lowest BCUT2D eigenvalue weighted by Crippen LogP contribution is -2.41. The second-order valence-electron chi connectivity index (χ2n) is 7.06. The van der Waals surface area contributed by atoms with Crippen molar-refractivity contribution in [1.82, 2.24) is 0 Å². The number of hydrogen-bond donors (Lipinski definition) is 0. The zero-order valence-corrected chi connectivity index (χ0v) is 14.4. The van der Waals surface area contributed by atoms with E-state index < -0.39 is 18.3 Å². The van der Waals surface area contributed by atoms with E-state index in [2.05, 4.69) is 0 Å². The molecular formula is C18H18BClO3. The van der Waals surface area contributed by atoms with E-state index in [1.54, 1.807) is 0 Å². The van der Waals surface area contributed by atoms with Crippen LogP contribution in [0.2, 0.25) is 5.02 Å². The highest BCUT2D eigenvalue weighted by Crippen LogP contribution is 2.38. The van der Waals surface area contributed by atoms with Crippen molar-refractivity contribution >= 4 is 46.1 Å². The molecule has 4 rings (SSSR count). The summed E-state index contributed by atoms with van der Waals surface area (Å²) in [4.78, 5) is 0. The Bertz CT molecular complexity index is 897. The molecule has 118 valence electrons. The van der Waals surface area contributed by atoms with Gasteiger partial charge in [-0.2, -0.15) is 0 Å². The molecule has 0 spiro atoms. The molecule has 0 aliphatic carbocycles. The lowest BCUT2D eigenvalue weighted by molar-refractivity contribution is 0.00578. The van der Waals surface area contributed by atoms with Crippen LogP contribution in [0.1, 0.15) is 27.7 Å². The number of rotatable bonds is 1. The molecule has 0 radical (unpaired) electrons. The third-order valence-corrected chi connectivity index (χ3v) is 5.33. The van der Waals surface area contributed by atoms with Crippen LogP contribution in [-0.4, -0.2) is 18.3 Å². The van der Waals surface area contributed by atoms with Crippen LogP contribution in [0.15, 0.2) is 40.8 Å². The maximum atomic E-state index is 6.53. The van der Waals surface area contributed by atoms with Crippen LogP contribution in [0, 0.1) is 0 Å². The second-order valence-corrected chi connectivity index (χ2v) is 7.46. The molecule has 3 nitrogen and oxygen atoms in total. The van der Waals surface area contributed by atoms with Gasteiger partial charge in [-0.25, -0.2) is 0 Å². The quantitative estimate of drug-likeness (QED) is 0.615. The number of furan rings is 1. The predicted molar refractivity (Wildman–Crippen MR) is 94.4 cm³/mol. The lowest BCUT2D eigenvalue weighted by atomic mass is 9.78. The lowest BCUT2D eigenvalue weighted by Gasteiger charge is -2.32. The van der Waals surface area contributed by atoms with Crippen molar-refractivity contribution in [3.8, 4) is 0 Å². The molecule has 5 heteroatoms. The maximum Gasteiger partial charge on any atom is 0.496 e. The van der Waals surface area contributed by atoms with Gasteiger partial charge in [0.1, 0.15) is 11.2 Å². The van der Waals surface area contributed by atoms with Crippen molar-refractivity contribution in [3.63, 3.8) is 0 Å². The molecule has 2 aromatic carbocycles. The smallest absolute Gasteiger partial charge is 0.456 e. The molecule has 0 unspecified atom stereocenters. The Hall–Kier alpha value is -1.49. The van der Waals surface area contributed by atoms with E-state index in [1.165, 1.54) is 0 Å². The number of benzene rings is 2. The first-order valence-electron chi connectivity index (χ1n) is 7.75.